The lowest BCUT2D eigenvalue weighted by Crippen LogP contribution is -2.31. The molecule has 13 heavy (non-hydrogen) atoms. The van der Waals surface area contributed by atoms with Gasteiger partial charge in [-0.15, -0.1) is 0 Å². The van der Waals surface area contributed by atoms with Gasteiger partial charge in [-0.05, 0) is 12.1 Å². The molecule has 3 heteroatoms. The third kappa shape index (κ3) is 1.99. The van der Waals surface area contributed by atoms with Gasteiger partial charge < -0.3 is 15.2 Å². The number of aliphatic hydroxyl groups is 1. The van der Waals surface area contributed by atoms with Crippen molar-refractivity contribution in [1.29, 1.82) is 0 Å². The van der Waals surface area contributed by atoms with E-state index in [-0.39, 0.29) is 12.1 Å². The first-order chi connectivity index (χ1) is 6.36. The molecule has 0 aliphatic carbocycles. The number of para-hydroxylation sites is 1. The van der Waals surface area contributed by atoms with Crippen LogP contribution in [0.4, 0.5) is 5.69 Å². The highest BCUT2D eigenvalue weighted by atomic mass is 16.5. The lowest BCUT2D eigenvalue weighted by atomic mass is 10.2. The topological polar surface area (TPSA) is 41.5 Å². The van der Waals surface area contributed by atoms with E-state index in [2.05, 4.69) is 5.32 Å². The summed E-state index contributed by atoms with van der Waals surface area (Å²) in [7, 11) is 0. The number of hydrogen-bond donors (Lipinski definition) is 2. The summed E-state index contributed by atoms with van der Waals surface area (Å²) in [6.45, 7) is 1.01. The number of ether oxygens (including phenoxy) is 1. The van der Waals surface area contributed by atoms with Crippen LogP contribution in [0.5, 0.6) is 0 Å². The van der Waals surface area contributed by atoms with Crippen molar-refractivity contribution in [1.82, 2.24) is 0 Å². The predicted molar refractivity (Wildman–Crippen MR) is 50.7 cm³/mol. The van der Waals surface area contributed by atoms with Gasteiger partial charge in [0.25, 0.3) is 0 Å². The van der Waals surface area contributed by atoms with E-state index in [4.69, 9.17) is 4.74 Å². The van der Waals surface area contributed by atoms with Crippen molar-refractivity contribution >= 4 is 5.69 Å². The first-order valence-electron chi connectivity index (χ1n) is 4.43. The second-order valence-corrected chi connectivity index (χ2v) is 3.22. The summed E-state index contributed by atoms with van der Waals surface area (Å²) in [5.41, 5.74) is 1.03. The summed E-state index contributed by atoms with van der Waals surface area (Å²) >= 11 is 0. The van der Waals surface area contributed by atoms with Gasteiger partial charge in [0.05, 0.1) is 25.4 Å². The number of rotatable bonds is 2. The molecule has 0 unspecified atom stereocenters. The predicted octanol–water partition coefficient (Wildman–Crippen LogP) is 0.858. The van der Waals surface area contributed by atoms with Crippen LogP contribution in [0.1, 0.15) is 0 Å². The number of hydrogen-bond acceptors (Lipinski definition) is 3. The molecular weight excluding hydrogens is 166 g/mol. The van der Waals surface area contributed by atoms with E-state index >= 15 is 0 Å². The van der Waals surface area contributed by atoms with Gasteiger partial charge in [0.15, 0.2) is 0 Å². The smallest absolute Gasteiger partial charge is 0.0996 e. The van der Waals surface area contributed by atoms with Gasteiger partial charge in [-0.25, -0.2) is 0 Å². The number of nitrogens with one attached hydrogen (secondary N) is 1. The maximum Gasteiger partial charge on any atom is 0.0996 e. The van der Waals surface area contributed by atoms with E-state index in [0.29, 0.717) is 13.2 Å². The van der Waals surface area contributed by atoms with Crippen LogP contribution in [0, 0.1) is 0 Å². The average molecular weight is 179 g/mol. The third-order valence-electron chi connectivity index (χ3n) is 2.18. The summed E-state index contributed by atoms with van der Waals surface area (Å²) < 4.78 is 5.13. The van der Waals surface area contributed by atoms with Crippen LogP contribution >= 0.6 is 0 Å². The molecule has 2 rings (SSSR count). The van der Waals surface area contributed by atoms with E-state index in [1.165, 1.54) is 0 Å². The molecule has 2 N–H and O–H groups in total. The van der Waals surface area contributed by atoms with Crippen molar-refractivity contribution in [3.8, 4) is 0 Å². The molecule has 1 heterocycles. The standard InChI is InChI=1S/C10H13NO2/c12-10-7-13-6-9(10)11-8-4-2-1-3-5-8/h1-5,9-12H,6-7H2/t9-,10+/m1/s1. The quantitative estimate of drug-likeness (QED) is 0.707. The molecule has 0 aromatic heterocycles. The van der Waals surface area contributed by atoms with Gasteiger partial charge in [0, 0.05) is 5.69 Å². The zero-order valence-corrected chi connectivity index (χ0v) is 7.31. The summed E-state index contributed by atoms with van der Waals surface area (Å²) in [5, 5.41) is 12.7. The van der Waals surface area contributed by atoms with E-state index < -0.39 is 0 Å². The van der Waals surface area contributed by atoms with E-state index in [1.54, 1.807) is 0 Å². The largest absolute Gasteiger partial charge is 0.388 e. The molecule has 2 atom stereocenters. The van der Waals surface area contributed by atoms with Crippen LogP contribution < -0.4 is 5.32 Å². The van der Waals surface area contributed by atoms with Crippen molar-refractivity contribution in [2.24, 2.45) is 0 Å². The van der Waals surface area contributed by atoms with Gasteiger partial charge in [-0.3, -0.25) is 0 Å². The minimum Gasteiger partial charge on any atom is -0.388 e. The van der Waals surface area contributed by atoms with Crippen LogP contribution in [0.2, 0.25) is 0 Å². The highest BCUT2D eigenvalue weighted by molar-refractivity contribution is 5.43. The fraction of sp³-hybridized carbons (Fsp3) is 0.400. The minimum absolute atomic E-state index is 0.0300. The Kier molecular flexibility index (Phi) is 2.47. The lowest BCUT2D eigenvalue weighted by molar-refractivity contribution is 0.125. The molecule has 0 spiro atoms. The molecule has 1 aromatic carbocycles. The monoisotopic (exact) mass is 179 g/mol. The maximum atomic E-state index is 9.46. The molecular formula is C10H13NO2. The SMILES string of the molecule is O[C@H]1COC[C@H]1Nc1ccccc1. The van der Waals surface area contributed by atoms with E-state index in [0.717, 1.165) is 5.69 Å². The molecule has 0 saturated carbocycles. The molecule has 0 bridgehead atoms. The van der Waals surface area contributed by atoms with Crippen LogP contribution in [-0.2, 0) is 4.74 Å². The second-order valence-electron chi connectivity index (χ2n) is 3.22. The van der Waals surface area contributed by atoms with Gasteiger partial charge in [-0.1, -0.05) is 18.2 Å². The molecule has 1 aromatic rings. The molecule has 1 saturated heterocycles. The Morgan fingerprint density at radius 3 is 2.62 bits per heavy atom. The Morgan fingerprint density at radius 1 is 1.23 bits per heavy atom. The number of benzene rings is 1. The molecule has 1 fully saturated rings. The van der Waals surface area contributed by atoms with Crippen molar-refractivity contribution in [3.63, 3.8) is 0 Å². The molecule has 3 nitrogen and oxygen atoms in total. The first-order valence-corrected chi connectivity index (χ1v) is 4.43. The lowest BCUT2D eigenvalue weighted by Gasteiger charge is -2.15. The highest BCUT2D eigenvalue weighted by Crippen LogP contribution is 2.13. The summed E-state index contributed by atoms with van der Waals surface area (Å²) in [4.78, 5) is 0. The molecule has 1 aliphatic heterocycles. The second kappa shape index (κ2) is 3.77. The molecule has 70 valence electrons. The summed E-state index contributed by atoms with van der Waals surface area (Å²) in [5.74, 6) is 0. The fourth-order valence-electron chi connectivity index (χ4n) is 1.43. The van der Waals surface area contributed by atoms with E-state index in [9.17, 15) is 5.11 Å². The van der Waals surface area contributed by atoms with E-state index in [1.807, 2.05) is 30.3 Å². The van der Waals surface area contributed by atoms with Crippen LogP contribution in [0.3, 0.4) is 0 Å². The summed E-state index contributed by atoms with van der Waals surface area (Å²) in [6.07, 6.45) is -0.389. The number of aliphatic hydroxyl groups excluding tert-OH is 1. The van der Waals surface area contributed by atoms with Gasteiger partial charge in [0.2, 0.25) is 0 Å². The number of anilines is 1. The third-order valence-corrected chi connectivity index (χ3v) is 2.18. The minimum atomic E-state index is -0.389. The first kappa shape index (κ1) is 8.53. The summed E-state index contributed by atoms with van der Waals surface area (Å²) in [6, 6.07) is 9.88. The van der Waals surface area contributed by atoms with Crippen molar-refractivity contribution < 1.29 is 9.84 Å². The normalized spacial score (nSPS) is 27.5. The average Bonchev–Trinajstić information content (AvgIpc) is 2.54. The zero-order chi connectivity index (χ0) is 9.10. The Bertz CT molecular complexity index is 263. The van der Waals surface area contributed by atoms with Crippen LogP contribution in [0.25, 0.3) is 0 Å². The molecule has 1 aliphatic rings. The van der Waals surface area contributed by atoms with Crippen molar-refractivity contribution in [2.45, 2.75) is 12.1 Å². The Labute approximate surface area is 77.3 Å². The molecule has 0 radical (unpaired) electrons. The Morgan fingerprint density at radius 2 is 2.00 bits per heavy atom. The molecule has 0 amide bonds. The highest BCUT2D eigenvalue weighted by Gasteiger charge is 2.25. The van der Waals surface area contributed by atoms with Gasteiger partial charge in [0.1, 0.15) is 0 Å². The zero-order valence-electron chi connectivity index (χ0n) is 7.31. The van der Waals surface area contributed by atoms with Crippen LogP contribution in [0.15, 0.2) is 30.3 Å². The van der Waals surface area contributed by atoms with Crippen molar-refractivity contribution in [2.75, 3.05) is 18.5 Å². The maximum absolute atomic E-state index is 9.46. The van der Waals surface area contributed by atoms with Gasteiger partial charge in [-0.2, -0.15) is 0 Å². The Hall–Kier alpha value is -1.06. The van der Waals surface area contributed by atoms with Crippen LogP contribution in [-0.4, -0.2) is 30.5 Å². The Balaban J connectivity index is 1.98. The van der Waals surface area contributed by atoms with Gasteiger partial charge >= 0.3 is 0 Å². The fourth-order valence-corrected chi connectivity index (χ4v) is 1.43. The van der Waals surface area contributed by atoms with Crippen molar-refractivity contribution in [3.05, 3.63) is 30.3 Å².